The summed E-state index contributed by atoms with van der Waals surface area (Å²) < 4.78 is 0. The van der Waals surface area contributed by atoms with Crippen LogP contribution in [0.25, 0.3) is 0 Å². The summed E-state index contributed by atoms with van der Waals surface area (Å²) >= 11 is 0. The topological polar surface area (TPSA) is 57.5 Å². The molecule has 0 fully saturated rings. The van der Waals surface area contributed by atoms with Gasteiger partial charge in [-0.2, -0.15) is 0 Å². The monoisotopic (exact) mass is 476 g/mol. The van der Waals surface area contributed by atoms with Gasteiger partial charge in [-0.25, -0.2) is 4.79 Å². The van der Waals surface area contributed by atoms with Gasteiger partial charge in [0.05, 0.1) is 5.56 Å². The quantitative estimate of drug-likeness (QED) is 0.262. The van der Waals surface area contributed by atoms with Crippen molar-refractivity contribution in [2.24, 2.45) is 22.7 Å². The third kappa shape index (κ3) is 15.4. The van der Waals surface area contributed by atoms with Gasteiger partial charge in [0.15, 0.2) is 0 Å². The predicted octanol–water partition coefficient (Wildman–Crippen LogP) is 10.1. The molecule has 1 aromatic carbocycles. The summed E-state index contributed by atoms with van der Waals surface area (Å²) in [4.78, 5) is 10.2. The molecule has 34 heavy (non-hydrogen) atoms. The van der Waals surface area contributed by atoms with Crippen LogP contribution in [0.3, 0.4) is 0 Å². The Hall–Kier alpha value is -1.51. The molecule has 2 atom stereocenters. The second-order valence-corrected chi connectivity index (χ2v) is 12.2. The van der Waals surface area contributed by atoms with Crippen LogP contribution in [0, 0.1) is 22.7 Å². The van der Waals surface area contributed by atoms with Crippen LogP contribution in [0.1, 0.15) is 143 Å². The lowest BCUT2D eigenvalue weighted by molar-refractivity contribution is 0.0697. The van der Waals surface area contributed by atoms with E-state index < -0.39 is 5.97 Å². The van der Waals surface area contributed by atoms with Gasteiger partial charge < -0.3 is 10.2 Å². The highest BCUT2D eigenvalue weighted by atomic mass is 16.4. The van der Waals surface area contributed by atoms with E-state index in [0.29, 0.717) is 10.8 Å². The van der Waals surface area contributed by atoms with Gasteiger partial charge in [-0.15, -0.1) is 0 Å². The average Bonchev–Trinajstić information content (AvgIpc) is 2.73. The molecule has 0 saturated heterocycles. The second-order valence-electron chi connectivity index (χ2n) is 12.2. The van der Waals surface area contributed by atoms with E-state index in [0.717, 1.165) is 11.8 Å². The Balaban J connectivity index is 0.000000896. The first-order chi connectivity index (χ1) is 15.8. The molecule has 0 aromatic heterocycles. The number of benzene rings is 1. The molecule has 0 aliphatic heterocycles. The number of phenolic OH excluding ortho intramolecular Hbond substituents is 1. The molecule has 0 spiro atoms. The van der Waals surface area contributed by atoms with Crippen LogP contribution in [-0.4, -0.2) is 16.2 Å². The van der Waals surface area contributed by atoms with E-state index in [1.807, 2.05) is 0 Å². The van der Waals surface area contributed by atoms with E-state index >= 15 is 0 Å². The zero-order valence-corrected chi connectivity index (χ0v) is 23.8. The van der Waals surface area contributed by atoms with Crippen molar-refractivity contribution in [2.45, 2.75) is 132 Å². The highest BCUT2D eigenvalue weighted by molar-refractivity contribution is 5.87. The summed E-state index contributed by atoms with van der Waals surface area (Å²) in [7, 11) is 0. The standard InChI is InChI=1S/C24H50.C7H6O3/c1-9-11-12-13-14-15-16-17-18-19-22(24(6,7)8)20-21(10-2)23(3,4)5;8-6-3-1-5(2-4-6)7(9)10/h21-22H,9-20H2,1-8H3;1-4,8H,(H,9,10). The summed E-state index contributed by atoms with van der Waals surface area (Å²) in [5.41, 5.74) is 1.09. The molecule has 0 amide bonds. The number of phenols is 1. The van der Waals surface area contributed by atoms with Gasteiger partial charge in [0.25, 0.3) is 0 Å². The Labute approximate surface area is 211 Å². The highest BCUT2D eigenvalue weighted by Crippen LogP contribution is 2.41. The maximum absolute atomic E-state index is 10.2. The van der Waals surface area contributed by atoms with E-state index in [-0.39, 0.29) is 11.3 Å². The van der Waals surface area contributed by atoms with E-state index in [1.54, 1.807) is 0 Å². The number of carbonyl (C=O) groups is 1. The van der Waals surface area contributed by atoms with Crippen molar-refractivity contribution in [3.8, 4) is 5.75 Å². The van der Waals surface area contributed by atoms with Crippen molar-refractivity contribution >= 4 is 5.97 Å². The third-order valence-electron chi connectivity index (χ3n) is 7.28. The number of carboxylic acid groups (broad SMARTS) is 1. The van der Waals surface area contributed by atoms with Crippen LogP contribution in [0.4, 0.5) is 0 Å². The first-order valence-electron chi connectivity index (χ1n) is 13.8. The Morgan fingerprint density at radius 3 is 1.56 bits per heavy atom. The lowest BCUT2D eigenvalue weighted by Crippen LogP contribution is -2.28. The van der Waals surface area contributed by atoms with Crippen molar-refractivity contribution in [1.82, 2.24) is 0 Å². The maximum atomic E-state index is 10.2. The number of hydrogen-bond acceptors (Lipinski definition) is 2. The SMILES string of the molecule is CCCCCCCCCCCC(CC(CC)C(C)(C)C)C(C)(C)C.O=C(O)c1ccc(O)cc1. The molecular weight excluding hydrogens is 420 g/mol. The minimum Gasteiger partial charge on any atom is -0.508 e. The normalized spacial score (nSPS) is 13.6. The molecule has 0 aliphatic rings. The predicted molar refractivity (Wildman–Crippen MR) is 148 cm³/mol. The third-order valence-corrected chi connectivity index (χ3v) is 7.28. The number of unbranched alkanes of at least 4 members (excludes halogenated alkanes) is 8. The fourth-order valence-corrected chi connectivity index (χ4v) is 4.69. The van der Waals surface area contributed by atoms with E-state index in [2.05, 4.69) is 55.4 Å². The van der Waals surface area contributed by atoms with Crippen molar-refractivity contribution in [1.29, 1.82) is 0 Å². The molecule has 198 valence electrons. The summed E-state index contributed by atoms with van der Waals surface area (Å²) in [5, 5.41) is 17.1. The first kappa shape index (κ1) is 32.5. The fourth-order valence-electron chi connectivity index (χ4n) is 4.69. The molecule has 2 N–H and O–H groups in total. The van der Waals surface area contributed by atoms with Crippen molar-refractivity contribution in [3.63, 3.8) is 0 Å². The number of rotatable bonds is 14. The van der Waals surface area contributed by atoms with E-state index in [9.17, 15) is 4.79 Å². The van der Waals surface area contributed by atoms with Gasteiger partial charge in [-0.3, -0.25) is 0 Å². The number of carboxylic acids is 1. The molecule has 1 rings (SSSR count). The van der Waals surface area contributed by atoms with Gasteiger partial charge >= 0.3 is 5.97 Å². The summed E-state index contributed by atoms with van der Waals surface area (Å²) in [6.45, 7) is 19.4. The molecule has 0 radical (unpaired) electrons. The van der Waals surface area contributed by atoms with Gasteiger partial charge in [-0.1, -0.05) is 120 Å². The summed E-state index contributed by atoms with van der Waals surface area (Å²) in [5.74, 6) is 0.830. The van der Waals surface area contributed by atoms with Crippen molar-refractivity contribution in [2.75, 3.05) is 0 Å². The second kappa shape index (κ2) is 17.0. The average molecular weight is 477 g/mol. The van der Waals surface area contributed by atoms with Crippen LogP contribution >= 0.6 is 0 Å². The largest absolute Gasteiger partial charge is 0.508 e. The van der Waals surface area contributed by atoms with Gasteiger partial charge in [0.1, 0.15) is 5.75 Å². The molecule has 0 aliphatic carbocycles. The van der Waals surface area contributed by atoms with Crippen molar-refractivity contribution < 1.29 is 15.0 Å². The maximum Gasteiger partial charge on any atom is 0.335 e. The minimum absolute atomic E-state index is 0.0741. The minimum atomic E-state index is -0.986. The Kier molecular flexibility index (Phi) is 16.3. The lowest BCUT2D eigenvalue weighted by atomic mass is 9.67. The summed E-state index contributed by atoms with van der Waals surface area (Å²) in [6, 6.07) is 5.36. The zero-order chi connectivity index (χ0) is 26.2. The molecule has 3 heteroatoms. The van der Waals surface area contributed by atoms with Gasteiger partial charge in [0.2, 0.25) is 0 Å². The fraction of sp³-hybridized carbons (Fsp3) is 0.774. The van der Waals surface area contributed by atoms with Gasteiger partial charge in [-0.05, 0) is 59.8 Å². The van der Waals surface area contributed by atoms with Crippen LogP contribution in [0.15, 0.2) is 24.3 Å². The zero-order valence-electron chi connectivity index (χ0n) is 23.8. The molecule has 0 saturated carbocycles. The van der Waals surface area contributed by atoms with Crippen LogP contribution < -0.4 is 0 Å². The van der Waals surface area contributed by atoms with Crippen LogP contribution in [-0.2, 0) is 0 Å². The number of aromatic carboxylic acids is 1. The summed E-state index contributed by atoms with van der Waals surface area (Å²) in [6.07, 6.45) is 17.2. The molecule has 3 nitrogen and oxygen atoms in total. The molecule has 0 heterocycles. The Morgan fingerprint density at radius 2 is 1.18 bits per heavy atom. The van der Waals surface area contributed by atoms with Gasteiger partial charge in [0, 0.05) is 0 Å². The molecular formula is C31H56O3. The number of hydrogen-bond donors (Lipinski definition) is 2. The first-order valence-corrected chi connectivity index (χ1v) is 13.8. The highest BCUT2D eigenvalue weighted by Gasteiger charge is 2.31. The van der Waals surface area contributed by atoms with Crippen molar-refractivity contribution in [3.05, 3.63) is 29.8 Å². The van der Waals surface area contributed by atoms with E-state index in [4.69, 9.17) is 10.2 Å². The number of aromatic hydroxyl groups is 1. The van der Waals surface area contributed by atoms with E-state index in [1.165, 1.54) is 101 Å². The molecule has 1 aromatic rings. The molecule has 2 unspecified atom stereocenters. The van der Waals surface area contributed by atoms with Crippen LogP contribution in [0.2, 0.25) is 0 Å². The van der Waals surface area contributed by atoms with Crippen LogP contribution in [0.5, 0.6) is 5.75 Å². The smallest absolute Gasteiger partial charge is 0.335 e. The Morgan fingerprint density at radius 1 is 0.735 bits per heavy atom. The lowest BCUT2D eigenvalue weighted by Gasteiger charge is -2.38. The Bertz CT molecular complexity index is 634. The molecule has 0 bridgehead atoms.